The Morgan fingerprint density at radius 1 is 0.935 bits per heavy atom. The number of aryl methyl sites for hydroxylation is 1. The van der Waals surface area contributed by atoms with Crippen LogP contribution in [0, 0.1) is 6.92 Å². The summed E-state index contributed by atoms with van der Waals surface area (Å²) in [5.41, 5.74) is 1.19. The molecule has 1 unspecified atom stereocenters. The van der Waals surface area contributed by atoms with Crippen molar-refractivity contribution in [2.45, 2.75) is 29.3 Å². The molecule has 160 valence electrons. The van der Waals surface area contributed by atoms with E-state index in [9.17, 15) is 9.67 Å². The van der Waals surface area contributed by atoms with Crippen LogP contribution in [0.3, 0.4) is 0 Å². The van der Waals surface area contributed by atoms with E-state index in [4.69, 9.17) is 9.26 Å². The highest BCUT2D eigenvalue weighted by Crippen LogP contribution is 2.45. The van der Waals surface area contributed by atoms with Gasteiger partial charge in [-0.3, -0.25) is 4.57 Å². The van der Waals surface area contributed by atoms with Crippen molar-refractivity contribution in [2.24, 2.45) is 0 Å². The molecule has 0 aromatic heterocycles. The molecule has 0 amide bonds. The summed E-state index contributed by atoms with van der Waals surface area (Å²) in [6.07, 6.45) is 2.03. The van der Waals surface area contributed by atoms with Gasteiger partial charge in [-0.05, 0) is 49.4 Å². The molecule has 0 saturated carbocycles. The average molecular weight is 453 g/mol. The minimum atomic E-state index is -3.33. The van der Waals surface area contributed by atoms with Crippen molar-refractivity contribution in [3.8, 4) is 0 Å². The smallest absolute Gasteiger partial charge is 0.261 e. The summed E-state index contributed by atoms with van der Waals surface area (Å²) in [4.78, 5) is 1.07. The number of aliphatic hydroxyl groups is 1. The zero-order valence-electron chi connectivity index (χ0n) is 17.2. The number of rotatable bonds is 7. The van der Waals surface area contributed by atoms with E-state index >= 15 is 0 Å². The van der Waals surface area contributed by atoms with Crippen molar-refractivity contribution in [1.29, 1.82) is 0 Å². The maximum atomic E-state index is 14.0. The van der Waals surface area contributed by atoms with Crippen molar-refractivity contribution in [3.63, 3.8) is 0 Å². The Labute approximate surface area is 187 Å². The van der Waals surface area contributed by atoms with Crippen LogP contribution in [0.5, 0.6) is 0 Å². The second kappa shape index (κ2) is 9.88. The first kappa shape index (κ1) is 21.9. The van der Waals surface area contributed by atoms with Crippen molar-refractivity contribution in [1.82, 2.24) is 0 Å². The molecule has 1 N–H and O–H groups in total. The van der Waals surface area contributed by atoms with E-state index in [-0.39, 0.29) is 11.9 Å². The fourth-order valence-electron chi connectivity index (χ4n) is 3.38. The van der Waals surface area contributed by atoms with E-state index < -0.39 is 19.6 Å². The molecule has 0 aliphatic carbocycles. The molecule has 4 nitrogen and oxygen atoms in total. The predicted molar refractivity (Wildman–Crippen MR) is 127 cm³/mol. The molecule has 0 fully saturated rings. The molecule has 1 aliphatic heterocycles. The second-order valence-electron chi connectivity index (χ2n) is 7.41. The van der Waals surface area contributed by atoms with E-state index in [0.29, 0.717) is 10.6 Å². The summed E-state index contributed by atoms with van der Waals surface area (Å²) < 4.78 is 25.7. The topological polar surface area (TPSA) is 55.8 Å². The lowest BCUT2D eigenvalue weighted by Gasteiger charge is -2.32. The molecule has 0 spiro atoms. The molecule has 6 heteroatoms. The molecule has 1 aliphatic rings. The van der Waals surface area contributed by atoms with E-state index in [0.717, 1.165) is 4.90 Å². The third kappa shape index (κ3) is 5.13. The molecular weight excluding hydrogens is 427 g/mol. The van der Waals surface area contributed by atoms with E-state index in [1.165, 1.54) is 5.56 Å². The Balaban J connectivity index is 1.50. The average Bonchev–Trinajstić information content (AvgIpc) is 2.82. The van der Waals surface area contributed by atoms with Crippen LogP contribution in [0.4, 0.5) is 0 Å². The Hall–Kier alpha value is -2.30. The molecule has 3 atom stereocenters. The van der Waals surface area contributed by atoms with Crippen LogP contribution >= 0.6 is 19.1 Å². The van der Waals surface area contributed by atoms with Gasteiger partial charge in [0.15, 0.2) is 0 Å². The monoisotopic (exact) mass is 452 g/mol. The van der Waals surface area contributed by atoms with Crippen molar-refractivity contribution in [3.05, 3.63) is 103 Å². The van der Waals surface area contributed by atoms with Gasteiger partial charge in [-0.1, -0.05) is 54.1 Å². The van der Waals surface area contributed by atoms with Gasteiger partial charge in [0.1, 0.15) is 12.2 Å². The van der Waals surface area contributed by atoms with Gasteiger partial charge in [0.25, 0.3) is 7.37 Å². The molecule has 0 bridgehead atoms. The Morgan fingerprint density at radius 2 is 1.52 bits per heavy atom. The zero-order chi connectivity index (χ0) is 21.7. The summed E-state index contributed by atoms with van der Waals surface area (Å²) in [6, 6.07) is 26.6. The SMILES string of the molecule is Cc1ccc(SC2C=CO[C@H](COP(=O)(c3ccccc3)c3ccccc3)[C@@H]2O)cc1. The van der Waals surface area contributed by atoms with E-state index in [1.807, 2.05) is 97.9 Å². The van der Waals surface area contributed by atoms with Gasteiger partial charge in [-0.2, -0.15) is 0 Å². The van der Waals surface area contributed by atoms with Crippen LogP contribution in [0.25, 0.3) is 0 Å². The first-order chi connectivity index (χ1) is 15.1. The van der Waals surface area contributed by atoms with Crippen molar-refractivity contribution in [2.75, 3.05) is 6.61 Å². The number of hydrogen-bond donors (Lipinski definition) is 1. The van der Waals surface area contributed by atoms with Gasteiger partial charge in [-0.25, -0.2) is 0 Å². The van der Waals surface area contributed by atoms with Gasteiger partial charge in [0.2, 0.25) is 0 Å². The lowest BCUT2D eigenvalue weighted by molar-refractivity contribution is -0.0215. The van der Waals surface area contributed by atoms with Crippen LogP contribution < -0.4 is 10.6 Å². The molecule has 3 aromatic rings. The molecule has 4 rings (SSSR count). The standard InChI is InChI=1S/C25H25O4PS/c1-19-12-14-22(15-13-19)31-24-16-17-28-23(25(24)26)18-29-30(27,20-8-4-2-5-9-20)21-10-6-3-7-11-21/h2-17,23-26H,18H2,1H3/t23-,24?,25+/m1/s1. The second-order valence-corrected chi connectivity index (χ2v) is 11.1. The zero-order valence-corrected chi connectivity index (χ0v) is 18.9. The van der Waals surface area contributed by atoms with Gasteiger partial charge >= 0.3 is 0 Å². The summed E-state index contributed by atoms with van der Waals surface area (Å²) in [5.74, 6) is 0. The highest BCUT2D eigenvalue weighted by molar-refractivity contribution is 8.00. The fourth-order valence-corrected chi connectivity index (χ4v) is 6.52. The van der Waals surface area contributed by atoms with Crippen molar-refractivity contribution >= 4 is 29.7 Å². The van der Waals surface area contributed by atoms with Crippen LogP contribution in [-0.4, -0.2) is 29.2 Å². The van der Waals surface area contributed by atoms with Crippen LogP contribution in [0.15, 0.2) is 102 Å². The minimum Gasteiger partial charge on any atom is -0.493 e. The normalized spacial score (nSPS) is 20.9. The van der Waals surface area contributed by atoms with Crippen LogP contribution in [0.1, 0.15) is 5.56 Å². The Bertz CT molecular complexity index is 1010. The molecule has 31 heavy (non-hydrogen) atoms. The predicted octanol–water partition coefficient (Wildman–Crippen LogP) is 4.67. The number of thioether (sulfide) groups is 1. The molecule has 3 aromatic carbocycles. The third-order valence-corrected chi connectivity index (χ3v) is 8.87. The van der Waals surface area contributed by atoms with Gasteiger partial charge < -0.3 is 14.4 Å². The van der Waals surface area contributed by atoms with E-state index in [1.54, 1.807) is 18.0 Å². The van der Waals surface area contributed by atoms with Gasteiger partial charge in [-0.15, -0.1) is 11.8 Å². The maximum Gasteiger partial charge on any atom is 0.261 e. The van der Waals surface area contributed by atoms with Gasteiger partial charge in [0.05, 0.1) is 18.1 Å². The summed E-state index contributed by atoms with van der Waals surface area (Å²) in [7, 11) is -3.33. The van der Waals surface area contributed by atoms with Gasteiger partial charge in [0, 0.05) is 15.5 Å². The lowest BCUT2D eigenvalue weighted by Crippen LogP contribution is -2.41. The largest absolute Gasteiger partial charge is 0.493 e. The number of benzene rings is 3. The maximum absolute atomic E-state index is 14.0. The third-order valence-electron chi connectivity index (χ3n) is 5.15. The lowest BCUT2D eigenvalue weighted by atomic mass is 10.1. The number of hydrogen-bond acceptors (Lipinski definition) is 5. The summed E-state index contributed by atoms with van der Waals surface area (Å²) in [6.45, 7) is 2.06. The molecule has 0 radical (unpaired) electrons. The van der Waals surface area contributed by atoms with Crippen LogP contribution in [0.2, 0.25) is 0 Å². The fraction of sp³-hybridized carbons (Fsp3) is 0.200. The quantitative estimate of drug-likeness (QED) is 0.528. The summed E-state index contributed by atoms with van der Waals surface area (Å²) in [5, 5.41) is 12.0. The molecule has 0 saturated heterocycles. The molecule has 1 heterocycles. The van der Waals surface area contributed by atoms with Crippen molar-refractivity contribution < 1.29 is 18.9 Å². The van der Waals surface area contributed by atoms with E-state index in [2.05, 4.69) is 0 Å². The molecular formula is C25H25O4PS. The highest BCUT2D eigenvalue weighted by Gasteiger charge is 2.35. The van der Waals surface area contributed by atoms with Crippen LogP contribution in [-0.2, 0) is 13.8 Å². The summed E-state index contributed by atoms with van der Waals surface area (Å²) >= 11 is 1.57. The highest BCUT2D eigenvalue weighted by atomic mass is 32.2. The first-order valence-corrected chi connectivity index (χ1v) is 12.7. The Morgan fingerprint density at radius 3 is 2.10 bits per heavy atom. The minimum absolute atomic E-state index is 0.0114. The first-order valence-electron chi connectivity index (χ1n) is 10.2. The number of aliphatic hydroxyl groups excluding tert-OH is 1. The Kier molecular flexibility index (Phi) is 6.99. The number of ether oxygens (including phenoxy) is 1.